The third kappa shape index (κ3) is 4.40. The Balaban J connectivity index is 1.68. The normalized spacial score (nSPS) is 18.9. The summed E-state index contributed by atoms with van der Waals surface area (Å²) in [6.45, 7) is 3.23. The maximum absolute atomic E-state index is 4.30. The van der Waals surface area contributed by atoms with Crippen LogP contribution in [0.15, 0.2) is 5.51 Å². The fourth-order valence-corrected chi connectivity index (χ4v) is 3.40. The quantitative estimate of drug-likeness (QED) is 0.884. The van der Waals surface area contributed by atoms with Gasteiger partial charge < -0.3 is 5.32 Å². The summed E-state index contributed by atoms with van der Waals surface area (Å²) >= 11 is 1.79. The molecule has 0 radical (unpaired) electrons. The van der Waals surface area contributed by atoms with Crippen molar-refractivity contribution in [2.75, 3.05) is 6.54 Å². The summed E-state index contributed by atoms with van der Waals surface area (Å²) in [4.78, 5) is 5.75. The molecule has 0 aromatic carbocycles. The molecule has 0 amide bonds. The van der Waals surface area contributed by atoms with E-state index in [1.165, 1.54) is 55.5 Å². The van der Waals surface area contributed by atoms with Gasteiger partial charge in [-0.1, -0.05) is 32.1 Å². The lowest BCUT2D eigenvalue weighted by molar-refractivity contribution is 0.392. The Labute approximate surface area is 109 Å². The second-order valence-corrected chi connectivity index (χ2v) is 6.05. The van der Waals surface area contributed by atoms with E-state index in [1.54, 1.807) is 11.3 Å². The SMILES string of the molecule is Cc1ncsc1CCNC1CCCCCCC1. The van der Waals surface area contributed by atoms with Gasteiger partial charge in [0, 0.05) is 17.5 Å². The molecule has 0 atom stereocenters. The van der Waals surface area contributed by atoms with Crippen molar-refractivity contribution in [3.05, 3.63) is 16.1 Å². The van der Waals surface area contributed by atoms with Crippen molar-refractivity contribution in [2.45, 2.75) is 64.3 Å². The minimum absolute atomic E-state index is 0.767. The zero-order valence-corrected chi connectivity index (χ0v) is 11.7. The summed E-state index contributed by atoms with van der Waals surface area (Å²) in [7, 11) is 0. The molecule has 0 aliphatic heterocycles. The Morgan fingerprint density at radius 1 is 1.24 bits per heavy atom. The fourth-order valence-electron chi connectivity index (χ4n) is 2.62. The Kier molecular flexibility index (Phi) is 5.46. The van der Waals surface area contributed by atoms with Gasteiger partial charge in [-0.25, -0.2) is 4.98 Å². The van der Waals surface area contributed by atoms with Gasteiger partial charge in [-0.15, -0.1) is 11.3 Å². The average molecular weight is 252 g/mol. The molecule has 1 aromatic heterocycles. The molecule has 1 heterocycles. The molecule has 3 heteroatoms. The highest BCUT2D eigenvalue weighted by Crippen LogP contribution is 2.17. The van der Waals surface area contributed by atoms with Crippen LogP contribution in [0.3, 0.4) is 0 Å². The molecular formula is C14H24N2S. The molecule has 0 saturated heterocycles. The summed E-state index contributed by atoms with van der Waals surface area (Å²) in [6, 6.07) is 0.767. The van der Waals surface area contributed by atoms with E-state index < -0.39 is 0 Å². The molecular weight excluding hydrogens is 228 g/mol. The van der Waals surface area contributed by atoms with Gasteiger partial charge >= 0.3 is 0 Å². The van der Waals surface area contributed by atoms with E-state index in [0.29, 0.717) is 0 Å². The van der Waals surface area contributed by atoms with Gasteiger partial charge in [-0.2, -0.15) is 0 Å². The molecule has 0 spiro atoms. The van der Waals surface area contributed by atoms with E-state index in [0.717, 1.165) is 19.0 Å². The molecule has 1 saturated carbocycles. The zero-order valence-electron chi connectivity index (χ0n) is 10.9. The first-order valence-corrected chi connectivity index (χ1v) is 7.86. The van der Waals surface area contributed by atoms with Gasteiger partial charge in [-0.3, -0.25) is 0 Å². The number of aryl methyl sites for hydroxylation is 1. The van der Waals surface area contributed by atoms with Crippen LogP contribution in [0, 0.1) is 6.92 Å². The van der Waals surface area contributed by atoms with Crippen LogP contribution in [0.2, 0.25) is 0 Å². The van der Waals surface area contributed by atoms with E-state index in [4.69, 9.17) is 0 Å². The number of rotatable bonds is 4. The van der Waals surface area contributed by atoms with E-state index in [-0.39, 0.29) is 0 Å². The van der Waals surface area contributed by atoms with E-state index >= 15 is 0 Å². The van der Waals surface area contributed by atoms with Gasteiger partial charge in [0.25, 0.3) is 0 Å². The van der Waals surface area contributed by atoms with Crippen molar-refractivity contribution in [3.63, 3.8) is 0 Å². The van der Waals surface area contributed by atoms with Crippen LogP contribution in [0.1, 0.15) is 55.5 Å². The van der Waals surface area contributed by atoms with Gasteiger partial charge in [0.15, 0.2) is 0 Å². The topological polar surface area (TPSA) is 24.9 Å². The number of aromatic nitrogens is 1. The summed E-state index contributed by atoms with van der Waals surface area (Å²) in [6.07, 6.45) is 11.1. The van der Waals surface area contributed by atoms with E-state index in [9.17, 15) is 0 Å². The van der Waals surface area contributed by atoms with E-state index in [2.05, 4.69) is 17.2 Å². The first-order valence-electron chi connectivity index (χ1n) is 6.98. The summed E-state index contributed by atoms with van der Waals surface area (Å²) in [5.41, 5.74) is 3.18. The Morgan fingerprint density at radius 3 is 2.59 bits per heavy atom. The van der Waals surface area contributed by atoms with Crippen molar-refractivity contribution in [1.29, 1.82) is 0 Å². The molecule has 96 valence electrons. The Hall–Kier alpha value is -0.410. The molecule has 0 bridgehead atoms. The maximum atomic E-state index is 4.30. The van der Waals surface area contributed by atoms with Crippen LogP contribution in [0.5, 0.6) is 0 Å². The van der Waals surface area contributed by atoms with Gasteiger partial charge in [0.05, 0.1) is 11.2 Å². The third-order valence-electron chi connectivity index (χ3n) is 3.74. The highest BCUT2D eigenvalue weighted by atomic mass is 32.1. The molecule has 1 aliphatic carbocycles. The summed E-state index contributed by atoms with van der Waals surface area (Å²) in [5.74, 6) is 0. The Morgan fingerprint density at radius 2 is 1.94 bits per heavy atom. The van der Waals surface area contributed by atoms with Crippen LogP contribution in [0.25, 0.3) is 0 Å². The van der Waals surface area contributed by atoms with Crippen molar-refractivity contribution in [1.82, 2.24) is 10.3 Å². The van der Waals surface area contributed by atoms with Crippen LogP contribution in [-0.2, 0) is 6.42 Å². The predicted octanol–water partition coefficient (Wildman–Crippen LogP) is 3.70. The molecule has 0 unspecified atom stereocenters. The minimum Gasteiger partial charge on any atom is -0.314 e. The number of hydrogen-bond donors (Lipinski definition) is 1. The molecule has 1 aliphatic rings. The van der Waals surface area contributed by atoms with Gasteiger partial charge in [0.2, 0.25) is 0 Å². The largest absolute Gasteiger partial charge is 0.314 e. The van der Waals surface area contributed by atoms with Crippen molar-refractivity contribution in [3.8, 4) is 0 Å². The molecule has 2 rings (SSSR count). The smallest absolute Gasteiger partial charge is 0.0797 e. The number of nitrogens with zero attached hydrogens (tertiary/aromatic N) is 1. The van der Waals surface area contributed by atoms with Crippen molar-refractivity contribution < 1.29 is 0 Å². The summed E-state index contributed by atoms with van der Waals surface area (Å²) < 4.78 is 0. The highest BCUT2D eigenvalue weighted by molar-refractivity contribution is 7.09. The molecule has 17 heavy (non-hydrogen) atoms. The third-order valence-corrected chi connectivity index (χ3v) is 4.73. The van der Waals surface area contributed by atoms with Crippen LogP contribution >= 0.6 is 11.3 Å². The fraction of sp³-hybridized carbons (Fsp3) is 0.786. The minimum atomic E-state index is 0.767. The standard InChI is InChI=1S/C14H24N2S/c1-12-14(17-11-16-12)9-10-15-13-7-5-3-2-4-6-8-13/h11,13,15H,2-10H2,1H3. The lowest BCUT2D eigenvalue weighted by Crippen LogP contribution is -2.31. The molecule has 2 nitrogen and oxygen atoms in total. The second kappa shape index (κ2) is 7.12. The predicted molar refractivity (Wildman–Crippen MR) is 74.7 cm³/mol. The Bertz CT molecular complexity index is 314. The number of thiazole rings is 1. The van der Waals surface area contributed by atoms with Gasteiger partial charge in [0.1, 0.15) is 0 Å². The molecule has 1 N–H and O–H groups in total. The number of nitrogens with one attached hydrogen (secondary N) is 1. The van der Waals surface area contributed by atoms with E-state index in [1.807, 2.05) is 5.51 Å². The highest BCUT2D eigenvalue weighted by Gasteiger charge is 2.10. The van der Waals surface area contributed by atoms with Crippen LogP contribution < -0.4 is 5.32 Å². The van der Waals surface area contributed by atoms with Crippen molar-refractivity contribution in [2.24, 2.45) is 0 Å². The molecule has 1 fully saturated rings. The number of hydrogen-bond acceptors (Lipinski definition) is 3. The average Bonchev–Trinajstić information content (AvgIpc) is 2.67. The lowest BCUT2D eigenvalue weighted by atomic mass is 9.97. The molecule has 1 aromatic rings. The lowest BCUT2D eigenvalue weighted by Gasteiger charge is -2.20. The van der Waals surface area contributed by atoms with Crippen LogP contribution in [-0.4, -0.2) is 17.6 Å². The first-order chi connectivity index (χ1) is 8.36. The monoisotopic (exact) mass is 252 g/mol. The maximum Gasteiger partial charge on any atom is 0.0797 e. The second-order valence-electron chi connectivity index (χ2n) is 5.11. The first kappa shape index (κ1) is 13.0. The summed E-state index contributed by atoms with van der Waals surface area (Å²) in [5, 5.41) is 3.73. The van der Waals surface area contributed by atoms with Gasteiger partial charge in [-0.05, 0) is 26.2 Å². The van der Waals surface area contributed by atoms with Crippen LogP contribution in [0.4, 0.5) is 0 Å². The zero-order chi connectivity index (χ0) is 11.9. The van der Waals surface area contributed by atoms with Crippen molar-refractivity contribution >= 4 is 11.3 Å².